The van der Waals surface area contributed by atoms with Crippen molar-refractivity contribution >= 4 is 11.9 Å². The minimum absolute atomic E-state index is 0.0116. The third-order valence-corrected chi connectivity index (χ3v) is 3.06. The van der Waals surface area contributed by atoms with Crippen LogP contribution in [-0.2, 0) is 16.1 Å². The SMILES string of the molecule is CCNC(=NCc1cc(OC)ccc1OC(F)F)NCC(=O)OC(C)(C)C. The summed E-state index contributed by atoms with van der Waals surface area (Å²) in [6, 6.07) is 4.49. The Morgan fingerprint density at radius 3 is 2.52 bits per heavy atom. The Morgan fingerprint density at radius 2 is 1.96 bits per heavy atom. The molecule has 1 aromatic rings. The van der Waals surface area contributed by atoms with E-state index in [-0.39, 0.29) is 18.8 Å². The molecule has 2 N–H and O–H groups in total. The summed E-state index contributed by atoms with van der Waals surface area (Å²) >= 11 is 0. The number of carbonyl (C=O) groups excluding carboxylic acids is 1. The van der Waals surface area contributed by atoms with Gasteiger partial charge in [0.1, 0.15) is 23.6 Å². The number of alkyl halides is 2. The first kappa shape index (κ1) is 22.5. The maximum Gasteiger partial charge on any atom is 0.387 e. The molecule has 9 heteroatoms. The second-order valence-electron chi connectivity index (χ2n) is 6.49. The number of nitrogens with zero attached hydrogens (tertiary/aromatic N) is 1. The van der Waals surface area contributed by atoms with Crippen molar-refractivity contribution in [1.29, 1.82) is 0 Å². The van der Waals surface area contributed by atoms with Crippen LogP contribution >= 0.6 is 0 Å². The average Bonchev–Trinajstić information content (AvgIpc) is 2.56. The first-order chi connectivity index (χ1) is 12.6. The molecule has 0 bridgehead atoms. The largest absolute Gasteiger partial charge is 0.497 e. The predicted molar refractivity (Wildman–Crippen MR) is 98.3 cm³/mol. The fourth-order valence-electron chi connectivity index (χ4n) is 2.06. The third kappa shape index (κ3) is 9.07. The van der Waals surface area contributed by atoms with Crippen molar-refractivity contribution in [2.45, 2.75) is 46.5 Å². The number of esters is 1. The van der Waals surface area contributed by atoms with Crippen LogP contribution in [0.1, 0.15) is 33.3 Å². The number of benzene rings is 1. The molecule has 0 heterocycles. The van der Waals surface area contributed by atoms with E-state index in [1.54, 1.807) is 26.8 Å². The number of guanidine groups is 1. The van der Waals surface area contributed by atoms with Gasteiger partial charge in [-0.3, -0.25) is 4.79 Å². The summed E-state index contributed by atoms with van der Waals surface area (Å²) in [5.74, 6) is 0.413. The van der Waals surface area contributed by atoms with E-state index in [0.717, 1.165) is 0 Å². The van der Waals surface area contributed by atoms with Gasteiger partial charge >= 0.3 is 12.6 Å². The van der Waals surface area contributed by atoms with E-state index in [9.17, 15) is 13.6 Å². The van der Waals surface area contributed by atoms with Gasteiger partial charge in [-0.25, -0.2) is 4.99 Å². The molecule has 0 aliphatic rings. The van der Waals surface area contributed by atoms with E-state index in [2.05, 4.69) is 20.4 Å². The standard InChI is InChI=1S/C18H27F2N3O4/c1-6-21-17(23-11-15(24)27-18(2,3)4)22-10-12-9-13(25-5)7-8-14(12)26-16(19)20/h7-9,16H,6,10-11H2,1-5H3,(H2,21,22,23). The van der Waals surface area contributed by atoms with Gasteiger partial charge in [-0.05, 0) is 45.9 Å². The summed E-state index contributed by atoms with van der Waals surface area (Å²) < 4.78 is 40.0. The third-order valence-electron chi connectivity index (χ3n) is 3.06. The number of nitrogens with one attached hydrogen (secondary N) is 2. The van der Waals surface area contributed by atoms with Crippen LogP contribution in [-0.4, -0.2) is 44.3 Å². The van der Waals surface area contributed by atoms with E-state index in [1.165, 1.54) is 19.2 Å². The molecule has 1 rings (SSSR count). The molecule has 152 valence electrons. The predicted octanol–water partition coefficient (Wildman–Crippen LogP) is 2.69. The van der Waals surface area contributed by atoms with Crippen LogP contribution in [0.4, 0.5) is 8.78 Å². The Kier molecular flexibility index (Phi) is 8.77. The average molecular weight is 387 g/mol. The highest BCUT2D eigenvalue weighted by Crippen LogP contribution is 2.26. The minimum atomic E-state index is -2.94. The van der Waals surface area contributed by atoms with Crippen LogP contribution in [0.5, 0.6) is 11.5 Å². The van der Waals surface area contributed by atoms with Gasteiger partial charge in [0.15, 0.2) is 5.96 Å². The summed E-state index contributed by atoms with van der Waals surface area (Å²) in [5.41, 5.74) is -0.166. The first-order valence-corrected chi connectivity index (χ1v) is 8.50. The van der Waals surface area contributed by atoms with Gasteiger partial charge in [0.25, 0.3) is 0 Å². The lowest BCUT2D eigenvalue weighted by molar-refractivity contribution is -0.153. The zero-order chi connectivity index (χ0) is 20.4. The fourth-order valence-corrected chi connectivity index (χ4v) is 2.06. The van der Waals surface area contributed by atoms with E-state index >= 15 is 0 Å². The van der Waals surface area contributed by atoms with Crippen LogP contribution in [0, 0.1) is 0 Å². The second kappa shape index (κ2) is 10.5. The lowest BCUT2D eigenvalue weighted by Crippen LogP contribution is -2.41. The normalized spacial score (nSPS) is 11.9. The van der Waals surface area contributed by atoms with Crippen molar-refractivity contribution in [3.05, 3.63) is 23.8 Å². The van der Waals surface area contributed by atoms with Crippen LogP contribution in [0.3, 0.4) is 0 Å². The number of ether oxygens (including phenoxy) is 3. The highest BCUT2D eigenvalue weighted by Gasteiger charge is 2.16. The van der Waals surface area contributed by atoms with Crippen LogP contribution in [0.15, 0.2) is 23.2 Å². The smallest absolute Gasteiger partial charge is 0.387 e. The van der Waals surface area contributed by atoms with E-state index in [4.69, 9.17) is 9.47 Å². The number of hydrogen-bond donors (Lipinski definition) is 2. The molecule has 0 saturated carbocycles. The van der Waals surface area contributed by atoms with Crippen molar-refractivity contribution in [3.63, 3.8) is 0 Å². The first-order valence-electron chi connectivity index (χ1n) is 8.50. The summed E-state index contributed by atoms with van der Waals surface area (Å²) in [5, 5.41) is 5.82. The van der Waals surface area contributed by atoms with Crippen molar-refractivity contribution in [2.24, 2.45) is 4.99 Å². The molecule has 0 unspecified atom stereocenters. The van der Waals surface area contributed by atoms with E-state index in [1.807, 2.05) is 6.92 Å². The Morgan fingerprint density at radius 1 is 1.26 bits per heavy atom. The van der Waals surface area contributed by atoms with Gasteiger partial charge in [0.2, 0.25) is 0 Å². The summed E-state index contributed by atoms with van der Waals surface area (Å²) in [7, 11) is 1.47. The molecule has 0 spiro atoms. The zero-order valence-electron chi connectivity index (χ0n) is 16.3. The van der Waals surface area contributed by atoms with Crippen molar-refractivity contribution < 1.29 is 27.8 Å². The topological polar surface area (TPSA) is 81.2 Å². The summed E-state index contributed by atoms with van der Waals surface area (Å²) in [4.78, 5) is 16.1. The molecule has 0 aliphatic heterocycles. The summed E-state index contributed by atoms with van der Waals surface area (Å²) in [6.07, 6.45) is 0. The minimum Gasteiger partial charge on any atom is -0.497 e. The fraction of sp³-hybridized carbons (Fsp3) is 0.556. The molecule has 0 radical (unpaired) electrons. The maximum atomic E-state index is 12.6. The van der Waals surface area contributed by atoms with Gasteiger partial charge < -0.3 is 24.8 Å². The molecule has 0 aromatic heterocycles. The molecular weight excluding hydrogens is 360 g/mol. The quantitative estimate of drug-likeness (QED) is 0.406. The van der Waals surface area contributed by atoms with Crippen LogP contribution < -0.4 is 20.1 Å². The monoisotopic (exact) mass is 387 g/mol. The Balaban J connectivity index is 2.86. The van der Waals surface area contributed by atoms with E-state index in [0.29, 0.717) is 23.8 Å². The van der Waals surface area contributed by atoms with Gasteiger partial charge in [0, 0.05) is 12.1 Å². The summed E-state index contributed by atoms with van der Waals surface area (Å²) in [6.45, 7) is 4.76. The molecule has 1 aromatic carbocycles. The molecule has 0 aliphatic carbocycles. The van der Waals surface area contributed by atoms with Gasteiger partial charge in [0.05, 0.1) is 13.7 Å². The maximum absolute atomic E-state index is 12.6. The number of hydrogen-bond acceptors (Lipinski definition) is 5. The van der Waals surface area contributed by atoms with E-state index < -0.39 is 18.2 Å². The molecule has 7 nitrogen and oxygen atoms in total. The van der Waals surface area contributed by atoms with Crippen molar-refractivity contribution in [3.8, 4) is 11.5 Å². The Hall–Kier alpha value is -2.58. The molecular formula is C18H27F2N3O4. The van der Waals surface area contributed by atoms with Crippen molar-refractivity contribution in [2.75, 3.05) is 20.2 Å². The molecule has 0 atom stereocenters. The highest BCUT2D eigenvalue weighted by atomic mass is 19.3. The van der Waals surface area contributed by atoms with Gasteiger partial charge in [-0.2, -0.15) is 8.78 Å². The molecule has 27 heavy (non-hydrogen) atoms. The van der Waals surface area contributed by atoms with Crippen LogP contribution in [0.2, 0.25) is 0 Å². The number of rotatable bonds is 8. The number of aliphatic imine (C=N–C) groups is 1. The molecule has 0 fully saturated rings. The Bertz CT molecular complexity index is 646. The lowest BCUT2D eigenvalue weighted by atomic mass is 10.2. The second-order valence-corrected chi connectivity index (χ2v) is 6.49. The van der Waals surface area contributed by atoms with Crippen molar-refractivity contribution in [1.82, 2.24) is 10.6 Å². The highest BCUT2D eigenvalue weighted by molar-refractivity contribution is 5.84. The molecule has 0 saturated heterocycles. The van der Waals surface area contributed by atoms with Gasteiger partial charge in [-0.1, -0.05) is 0 Å². The zero-order valence-corrected chi connectivity index (χ0v) is 16.3. The number of carbonyl (C=O) groups is 1. The van der Waals surface area contributed by atoms with Gasteiger partial charge in [-0.15, -0.1) is 0 Å². The lowest BCUT2D eigenvalue weighted by Gasteiger charge is -2.20. The molecule has 0 amide bonds. The Labute approximate surface area is 158 Å². The number of methoxy groups -OCH3 is 1. The number of halogens is 2. The van der Waals surface area contributed by atoms with Crippen LogP contribution in [0.25, 0.3) is 0 Å².